The summed E-state index contributed by atoms with van der Waals surface area (Å²) in [6.07, 6.45) is 2.53. The fourth-order valence-electron chi connectivity index (χ4n) is 1.40. The fourth-order valence-corrected chi connectivity index (χ4v) is 2.51. The van der Waals surface area contributed by atoms with Crippen LogP contribution in [0, 0.1) is 0 Å². The van der Waals surface area contributed by atoms with Crippen LogP contribution in [0.3, 0.4) is 0 Å². The standard InChI is InChI=1S/C10H16N2OS/c1-10(3-4-10)9-12-8(6-14-9)7(11)5-13-2/h6-7H,3-5,11H2,1-2H3. The van der Waals surface area contributed by atoms with Gasteiger partial charge in [0.2, 0.25) is 0 Å². The highest BCUT2D eigenvalue weighted by atomic mass is 32.1. The third-order valence-corrected chi connectivity index (χ3v) is 3.93. The molecule has 14 heavy (non-hydrogen) atoms. The molecule has 0 spiro atoms. The molecule has 1 aliphatic carbocycles. The summed E-state index contributed by atoms with van der Waals surface area (Å²) in [5.74, 6) is 0. The highest BCUT2D eigenvalue weighted by Crippen LogP contribution is 2.48. The number of aromatic nitrogens is 1. The second-order valence-electron chi connectivity index (χ2n) is 4.20. The van der Waals surface area contributed by atoms with Crippen LogP contribution < -0.4 is 5.73 Å². The van der Waals surface area contributed by atoms with E-state index in [0.29, 0.717) is 12.0 Å². The molecule has 1 fully saturated rings. The van der Waals surface area contributed by atoms with E-state index in [2.05, 4.69) is 17.3 Å². The Hall–Kier alpha value is -0.450. The van der Waals surface area contributed by atoms with Crippen LogP contribution in [0.15, 0.2) is 5.38 Å². The van der Waals surface area contributed by atoms with Gasteiger partial charge in [-0.15, -0.1) is 11.3 Å². The van der Waals surface area contributed by atoms with Gasteiger partial charge in [0.15, 0.2) is 0 Å². The maximum atomic E-state index is 5.90. The third kappa shape index (κ3) is 1.82. The summed E-state index contributed by atoms with van der Waals surface area (Å²) in [6, 6.07) is -0.0765. The van der Waals surface area contributed by atoms with E-state index in [1.807, 2.05) is 0 Å². The van der Waals surface area contributed by atoms with Crippen molar-refractivity contribution < 1.29 is 4.74 Å². The van der Waals surface area contributed by atoms with Gasteiger partial charge in [0.05, 0.1) is 23.4 Å². The van der Waals surface area contributed by atoms with Gasteiger partial charge >= 0.3 is 0 Å². The van der Waals surface area contributed by atoms with E-state index in [0.717, 1.165) is 5.69 Å². The van der Waals surface area contributed by atoms with E-state index in [9.17, 15) is 0 Å². The molecule has 1 atom stereocenters. The topological polar surface area (TPSA) is 48.1 Å². The zero-order chi connectivity index (χ0) is 10.2. The maximum Gasteiger partial charge on any atom is 0.0988 e. The van der Waals surface area contributed by atoms with Crippen LogP contribution >= 0.6 is 11.3 Å². The smallest absolute Gasteiger partial charge is 0.0988 e. The van der Waals surface area contributed by atoms with Crippen molar-refractivity contribution in [1.29, 1.82) is 0 Å². The van der Waals surface area contributed by atoms with E-state index in [1.165, 1.54) is 17.8 Å². The largest absolute Gasteiger partial charge is 0.383 e. The van der Waals surface area contributed by atoms with Crippen molar-refractivity contribution in [1.82, 2.24) is 4.98 Å². The minimum atomic E-state index is -0.0765. The molecule has 78 valence electrons. The first-order valence-electron chi connectivity index (χ1n) is 4.86. The summed E-state index contributed by atoms with van der Waals surface area (Å²) < 4.78 is 5.01. The fraction of sp³-hybridized carbons (Fsp3) is 0.700. The molecule has 2 N–H and O–H groups in total. The molecule has 0 radical (unpaired) electrons. The summed E-state index contributed by atoms with van der Waals surface area (Å²) in [7, 11) is 1.66. The Kier molecular flexibility index (Phi) is 2.60. The van der Waals surface area contributed by atoms with Gasteiger partial charge in [0.1, 0.15) is 0 Å². The molecule has 1 heterocycles. The molecule has 0 amide bonds. The van der Waals surface area contributed by atoms with E-state index in [4.69, 9.17) is 10.5 Å². The molecular formula is C10H16N2OS. The molecule has 0 aromatic carbocycles. The molecular weight excluding hydrogens is 196 g/mol. The van der Waals surface area contributed by atoms with Crippen molar-refractivity contribution in [3.8, 4) is 0 Å². The van der Waals surface area contributed by atoms with Crippen LogP contribution in [-0.2, 0) is 10.2 Å². The Bertz CT molecular complexity index is 320. The molecule has 1 aliphatic rings. The lowest BCUT2D eigenvalue weighted by Crippen LogP contribution is -2.16. The molecule has 0 saturated heterocycles. The van der Waals surface area contributed by atoms with Crippen molar-refractivity contribution in [3.05, 3.63) is 16.1 Å². The summed E-state index contributed by atoms with van der Waals surface area (Å²) in [5.41, 5.74) is 7.23. The lowest BCUT2D eigenvalue weighted by Gasteiger charge is -2.06. The van der Waals surface area contributed by atoms with Crippen molar-refractivity contribution in [2.24, 2.45) is 5.73 Å². The summed E-state index contributed by atoms with van der Waals surface area (Å²) in [6.45, 7) is 2.80. The second-order valence-corrected chi connectivity index (χ2v) is 5.06. The average molecular weight is 212 g/mol. The van der Waals surface area contributed by atoms with Gasteiger partial charge in [0, 0.05) is 17.9 Å². The Morgan fingerprint density at radius 1 is 1.71 bits per heavy atom. The number of methoxy groups -OCH3 is 1. The molecule has 4 heteroatoms. The average Bonchev–Trinajstić information content (AvgIpc) is 2.72. The minimum Gasteiger partial charge on any atom is -0.383 e. The molecule has 1 aromatic heterocycles. The molecule has 3 nitrogen and oxygen atoms in total. The molecule has 0 aliphatic heterocycles. The highest BCUT2D eigenvalue weighted by molar-refractivity contribution is 7.09. The molecule has 2 rings (SSSR count). The Balaban J connectivity index is 2.09. The quantitative estimate of drug-likeness (QED) is 0.828. The van der Waals surface area contributed by atoms with Crippen molar-refractivity contribution in [2.75, 3.05) is 13.7 Å². The Morgan fingerprint density at radius 2 is 2.43 bits per heavy atom. The third-order valence-electron chi connectivity index (χ3n) is 2.76. The zero-order valence-corrected chi connectivity index (χ0v) is 9.43. The molecule has 0 bridgehead atoms. The van der Waals surface area contributed by atoms with E-state index in [-0.39, 0.29) is 6.04 Å². The lowest BCUT2D eigenvalue weighted by molar-refractivity contribution is 0.180. The van der Waals surface area contributed by atoms with Gasteiger partial charge in [-0.25, -0.2) is 4.98 Å². The van der Waals surface area contributed by atoms with Crippen molar-refractivity contribution >= 4 is 11.3 Å². The van der Waals surface area contributed by atoms with E-state index < -0.39 is 0 Å². The number of ether oxygens (including phenoxy) is 1. The Morgan fingerprint density at radius 3 is 3.00 bits per heavy atom. The summed E-state index contributed by atoms with van der Waals surface area (Å²) >= 11 is 1.73. The summed E-state index contributed by atoms with van der Waals surface area (Å²) in [5, 5.41) is 3.29. The predicted molar refractivity (Wildman–Crippen MR) is 57.5 cm³/mol. The van der Waals surface area contributed by atoms with Crippen LogP contribution in [0.4, 0.5) is 0 Å². The van der Waals surface area contributed by atoms with Crippen LogP contribution in [0.2, 0.25) is 0 Å². The first-order chi connectivity index (χ1) is 6.65. The summed E-state index contributed by atoms with van der Waals surface area (Å²) in [4.78, 5) is 4.58. The van der Waals surface area contributed by atoms with Crippen LogP contribution in [0.5, 0.6) is 0 Å². The number of nitrogens with zero attached hydrogens (tertiary/aromatic N) is 1. The van der Waals surface area contributed by atoms with Gasteiger partial charge in [-0.2, -0.15) is 0 Å². The van der Waals surface area contributed by atoms with Crippen LogP contribution in [0.25, 0.3) is 0 Å². The van der Waals surface area contributed by atoms with Gasteiger partial charge in [-0.1, -0.05) is 6.92 Å². The monoisotopic (exact) mass is 212 g/mol. The first kappa shape index (κ1) is 10.1. The number of hydrogen-bond donors (Lipinski definition) is 1. The number of thiazole rings is 1. The van der Waals surface area contributed by atoms with Gasteiger partial charge in [-0.3, -0.25) is 0 Å². The lowest BCUT2D eigenvalue weighted by atomic mass is 10.1. The Labute approximate surface area is 88.3 Å². The normalized spacial score (nSPS) is 20.8. The molecule has 1 unspecified atom stereocenters. The molecule has 1 saturated carbocycles. The van der Waals surface area contributed by atoms with Gasteiger partial charge < -0.3 is 10.5 Å². The SMILES string of the molecule is COCC(N)c1csc(C2(C)CC2)n1. The van der Waals surface area contributed by atoms with E-state index in [1.54, 1.807) is 18.4 Å². The number of rotatable bonds is 4. The maximum absolute atomic E-state index is 5.90. The van der Waals surface area contributed by atoms with E-state index >= 15 is 0 Å². The first-order valence-corrected chi connectivity index (χ1v) is 5.74. The zero-order valence-electron chi connectivity index (χ0n) is 8.62. The van der Waals surface area contributed by atoms with Crippen LogP contribution in [0.1, 0.15) is 36.5 Å². The second kappa shape index (κ2) is 3.61. The van der Waals surface area contributed by atoms with Crippen molar-refractivity contribution in [2.45, 2.75) is 31.2 Å². The van der Waals surface area contributed by atoms with Gasteiger partial charge in [0.25, 0.3) is 0 Å². The predicted octanol–water partition coefficient (Wildman–Crippen LogP) is 1.84. The number of hydrogen-bond acceptors (Lipinski definition) is 4. The van der Waals surface area contributed by atoms with Gasteiger partial charge in [-0.05, 0) is 12.8 Å². The highest BCUT2D eigenvalue weighted by Gasteiger charge is 2.41. The molecule has 1 aromatic rings. The minimum absolute atomic E-state index is 0.0765. The van der Waals surface area contributed by atoms with Crippen LogP contribution in [-0.4, -0.2) is 18.7 Å². The van der Waals surface area contributed by atoms with Crippen molar-refractivity contribution in [3.63, 3.8) is 0 Å². The number of nitrogens with two attached hydrogens (primary N) is 1.